The van der Waals surface area contributed by atoms with Crippen molar-refractivity contribution in [2.45, 2.75) is 38.0 Å². The van der Waals surface area contributed by atoms with Crippen LogP contribution in [0.5, 0.6) is 5.75 Å². The van der Waals surface area contributed by atoms with Gasteiger partial charge in [0.2, 0.25) is 0 Å². The number of hydrogen-bond acceptors (Lipinski definition) is 3. The minimum atomic E-state index is 0.470. The molecule has 0 saturated heterocycles. The van der Waals surface area contributed by atoms with Crippen LogP contribution in [-0.4, -0.2) is 17.1 Å². The first-order valence-corrected chi connectivity index (χ1v) is 8.83. The number of aromatic nitrogens is 2. The van der Waals surface area contributed by atoms with Crippen LogP contribution in [0.25, 0.3) is 10.9 Å². The van der Waals surface area contributed by atoms with Gasteiger partial charge in [-0.3, -0.25) is 0 Å². The fourth-order valence-electron chi connectivity index (χ4n) is 3.95. The predicted octanol–water partition coefficient (Wildman–Crippen LogP) is 4.69. The van der Waals surface area contributed by atoms with E-state index in [0.29, 0.717) is 11.6 Å². The highest BCUT2D eigenvalue weighted by molar-refractivity contribution is 5.86. The zero-order valence-electron chi connectivity index (χ0n) is 14.4. The third-order valence-electron chi connectivity index (χ3n) is 5.19. The zero-order chi connectivity index (χ0) is 17.2. The Kier molecular flexibility index (Phi) is 4.15. The molecule has 0 aliphatic heterocycles. The molecule has 1 aliphatic rings. The SMILES string of the molecule is COc1ccc2[nH]c(C3CCCC3)c(Cc3cccc(C#N)n3)c2c1. The van der Waals surface area contributed by atoms with Crippen molar-refractivity contribution in [3.05, 3.63) is 59.0 Å². The summed E-state index contributed by atoms with van der Waals surface area (Å²) in [5, 5.41) is 10.3. The van der Waals surface area contributed by atoms with Gasteiger partial charge in [-0.05, 0) is 54.7 Å². The van der Waals surface area contributed by atoms with Gasteiger partial charge in [-0.2, -0.15) is 5.26 Å². The van der Waals surface area contributed by atoms with Crippen LogP contribution >= 0.6 is 0 Å². The number of pyridine rings is 1. The minimum Gasteiger partial charge on any atom is -0.497 e. The number of nitrogens with zero attached hydrogens (tertiary/aromatic N) is 2. The summed E-state index contributed by atoms with van der Waals surface area (Å²) in [6.07, 6.45) is 5.80. The number of H-pyrrole nitrogens is 1. The van der Waals surface area contributed by atoms with E-state index in [-0.39, 0.29) is 0 Å². The van der Waals surface area contributed by atoms with Crippen molar-refractivity contribution in [1.29, 1.82) is 5.26 Å². The number of aromatic amines is 1. The van der Waals surface area contributed by atoms with E-state index >= 15 is 0 Å². The molecular weight excluding hydrogens is 310 g/mol. The molecule has 0 bridgehead atoms. The summed E-state index contributed by atoms with van der Waals surface area (Å²) in [7, 11) is 1.70. The molecule has 0 radical (unpaired) electrons. The second kappa shape index (κ2) is 6.60. The van der Waals surface area contributed by atoms with Crippen LogP contribution in [0.3, 0.4) is 0 Å². The summed E-state index contributed by atoms with van der Waals surface area (Å²) in [5.74, 6) is 1.46. The van der Waals surface area contributed by atoms with Gasteiger partial charge >= 0.3 is 0 Å². The van der Waals surface area contributed by atoms with E-state index in [2.05, 4.69) is 28.2 Å². The Balaban J connectivity index is 1.83. The molecule has 126 valence electrons. The molecule has 2 aromatic heterocycles. The normalized spacial score (nSPS) is 14.7. The average molecular weight is 331 g/mol. The highest BCUT2D eigenvalue weighted by atomic mass is 16.5. The number of ether oxygens (including phenoxy) is 1. The van der Waals surface area contributed by atoms with Gasteiger partial charge in [-0.1, -0.05) is 18.9 Å². The third kappa shape index (κ3) is 2.98. The van der Waals surface area contributed by atoms with Crippen molar-refractivity contribution in [2.75, 3.05) is 7.11 Å². The molecule has 4 heteroatoms. The molecule has 1 fully saturated rings. The van der Waals surface area contributed by atoms with Crippen LogP contribution in [0.4, 0.5) is 0 Å². The number of fused-ring (bicyclic) bond motifs is 1. The lowest BCUT2D eigenvalue weighted by molar-refractivity contribution is 0.415. The molecule has 0 atom stereocenters. The monoisotopic (exact) mass is 331 g/mol. The second-order valence-electron chi connectivity index (χ2n) is 6.71. The summed E-state index contributed by atoms with van der Waals surface area (Å²) in [6, 6.07) is 14.0. The molecule has 1 aliphatic carbocycles. The maximum absolute atomic E-state index is 9.12. The average Bonchev–Trinajstić information content (AvgIpc) is 3.30. The van der Waals surface area contributed by atoms with Crippen molar-refractivity contribution >= 4 is 10.9 Å². The van der Waals surface area contributed by atoms with Crippen LogP contribution in [-0.2, 0) is 6.42 Å². The van der Waals surface area contributed by atoms with Crippen molar-refractivity contribution in [3.63, 3.8) is 0 Å². The predicted molar refractivity (Wildman–Crippen MR) is 97.8 cm³/mol. The topological polar surface area (TPSA) is 61.7 Å². The van der Waals surface area contributed by atoms with Gasteiger partial charge in [0, 0.05) is 28.7 Å². The van der Waals surface area contributed by atoms with Crippen LogP contribution < -0.4 is 4.74 Å². The number of nitriles is 1. The molecule has 1 N–H and O–H groups in total. The molecule has 0 spiro atoms. The largest absolute Gasteiger partial charge is 0.497 e. The molecule has 3 aromatic rings. The van der Waals surface area contributed by atoms with Crippen molar-refractivity contribution in [1.82, 2.24) is 9.97 Å². The first-order chi connectivity index (χ1) is 12.3. The number of nitrogens with one attached hydrogen (secondary N) is 1. The Hall–Kier alpha value is -2.80. The van der Waals surface area contributed by atoms with Crippen molar-refractivity contribution in [3.8, 4) is 11.8 Å². The lowest BCUT2D eigenvalue weighted by atomic mass is 9.96. The number of hydrogen-bond donors (Lipinski definition) is 1. The second-order valence-corrected chi connectivity index (χ2v) is 6.71. The van der Waals surface area contributed by atoms with E-state index in [1.165, 1.54) is 42.3 Å². The highest BCUT2D eigenvalue weighted by Crippen LogP contribution is 2.39. The van der Waals surface area contributed by atoms with Crippen LogP contribution in [0, 0.1) is 11.3 Å². The maximum Gasteiger partial charge on any atom is 0.140 e. The van der Waals surface area contributed by atoms with Gasteiger partial charge in [-0.15, -0.1) is 0 Å². The molecule has 1 aromatic carbocycles. The Morgan fingerprint density at radius 3 is 2.84 bits per heavy atom. The minimum absolute atomic E-state index is 0.470. The third-order valence-corrected chi connectivity index (χ3v) is 5.19. The lowest BCUT2D eigenvalue weighted by Crippen LogP contribution is -2.01. The fourth-order valence-corrected chi connectivity index (χ4v) is 3.95. The first-order valence-electron chi connectivity index (χ1n) is 8.83. The molecule has 0 unspecified atom stereocenters. The van der Waals surface area contributed by atoms with Crippen LogP contribution in [0.1, 0.15) is 54.2 Å². The van der Waals surface area contributed by atoms with E-state index in [1.54, 1.807) is 13.2 Å². The van der Waals surface area contributed by atoms with E-state index < -0.39 is 0 Å². The lowest BCUT2D eigenvalue weighted by Gasteiger charge is -2.11. The number of methoxy groups -OCH3 is 1. The molecular formula is C21H21N3O. The Morgan fingerprint density at radius 2 is 2.08 bits per heavy atom. The Bertz CT molecular complexity index is 945. The Labute approximate surface area is 147 Å². The summed E-state index contributed by atoms with van der Waals surface area (Å²) in [5.41, 5.74) is 5.18. The maximum atomic E-state index is 9.12. The van der Waals surface area contributed by atoms with E-state index in [9.17, 15) is 0 Å². The van der Waals surface area contributed by atoms with E-state index in [0.717, 1.165) is 23.4 Å². The van der Waals surface area contributed by atoms with Crippen molar-refractivity contribution in [2.24, 2.45) is 0 Å². The Morgan fingerprint density at radius 1 is 1.24 bits per heavy atom. The molecule has 2 heterocycles. The summed E-state index contributed by atoms with van der Waals surface area (Å²) < 4.78 is 5.43. The van der Waals surface area contributed by atoms with Crippen LogP contribution in [0.15, 0.2) is 36.4 Å². The highest BCUT2D eigenvalue weighted by Gasteiger charge is 2.24. The number of rotatable bonds is 4. The zero-order valence-corrected chi connectivity index (χ0v) is 14.4. The number of benzene rings is 1. The van der Waals surface area contributed by atoms with Gasteiger partial charge in [0.15, 0.2) is 0 Å². The molecule has 1 saturated carbocycles. The quantitative estimate of drug-likeness (QED) is 0.754. The summed E-state index contributed by atoms with van der Waals surface area (Å²) in [6.45, 7) is 0. The van der Waals surface area contributed by atoms with Gasteiger partial charge < -0.3 is 9.72 Å². The molecule has 0 amide bonds. The molecule has 4 nitrogen and oxygen atoms in total. The van der Waals surface area contributed by atoms with Gasteiger partial charge in [0.25, 0.3) is 0 Å². The van der Waals surface area contributed by atoms with E-state index in [1.807, 2.05) is 18.2 Å². The first kappa shape index (κ1) is 15.7. The van der Waals surface area contributed by atoms with Gasteiger partial charge in [0.05, 0.1) is 7.11 Å². The standard InChI is InChI=1S/C21H21N3O/c1-25-17-9-10-20-18(12-17)19(21(24-20)14-5-2-3-6-14)11-15-7-4-8-16(13-22)23-15/h4,7-10,12,14,24H,2-3,5-6,11H2,1H3. The van der Waals surface area contributed by atoms with Gasteiger partial charge in [0.1, 0.15) is 17.5 Å². The fraction of sp³-hybridized carbons (Fsp3) is 0.333. The summed E-state index contributed by atoms with van der Waals surface area (Å²) >= 11 is 0. The molecule has 25 heavy (non-hydrogen) atoms. The van der Waals surface area contributed by atoms with Crippen LogP contribution in [0.2, 0.25) is 0 Å². The van der Waals surface area contributed by atoms with Crippen molar-refractivity contribution < 1.29 is 4.74 Å². The summed E-state index contributed by atoms with van der Waals surface area (Å²) in [4.78, 5) is 8.13. The van der Waals surface area contributed by atoms with E-state index in [4.69, 9.17) is 10.00 Å². The molecule has 4 rings (SSSR count). The smallest absolute Gasteiger partial charge is 0.140 e. The van der Waals surface area contributed by atoms with Gasteiger partial charge in [-0.25, -0.2) is 4.98 Å².